The lowest BCUT2D eigenvalue weighted by Gasteiger charge is -2.18. The Bertz CT molecular complexity index is 1080. The zero-order chi connectivity index (χ0) is 19.7. The summed E-state index contributed by atoms with van der Waals surface area (Å²) in [7, 11) is 1.59. The number of amides is 1. The molecule has 0 radical (unpaired) electrons. The maximum atomic E-state index is 12.4. The summed E-state index contributed by atoms with van der Waals surface area (Å²) in [6.07, 6.45) is 0. The molecular weight excluding hydrogens is 356 g/mol. The van der Waals surface area contributed by atoms with Crippen LogP contribution in [0.1, 0.15) is 15.9 Å². The van der Waals surface area contributed by atoms with Crippen LogP contribution in [0.25, 0.3) is 11.1 Å². The van der Waals surface area contributed by atoms with Crippen LogP contribution in [0.2, 0.25) is 0 Å². The highest BCUT2D eigenvalue weighted by atomic mass is 16.5. The fourth-order valence-electron chi connectivity index (χ4n) is 3.42. The Kier molecular flexibility index (Phi) is 4.55. The molecule has 3 aromatic carbocycles. The summed E-state index contributed by atoms with van der Waals surface area (Å²) in [4.78, 5) is 26.2. The van der Waals surface area contributed by atoms with Crippen LogP contribution in [0.3, 0.4) is 0 Å². The second kappa shape index (κ2) is 7.17. The SMILES string of the molecule is COc1ccc(CN2C(=O)C(=O)c3ccccc32)cc1-c1cccc(NO)c1. The normalized spacial score (nSPS) is 12.9. The molecule has 0 saturated heterocycles. The van der Waals surface area contributed by atoms with E-state index in [0.29, 0.717) is 22.7 Å². The zero-order valence-electron chi connectivity index (χ0n) is 15.2. The molecule has 6 heteroatoms. The van der Waals surface area contributed by atoms with Crippen molar-refractivity contribution < 1.29 is 19.5 Å². The van der Waals surface area contributed by atoms with Gasteiger partial charge in [0.05, 0.1) is 30.6 Å². The van der Waals surface area contributed by atoms with Gasteiger partial charge in [0.1, 0.15) is 5.75 Å². The molecule has 4 rings (SSSR count). The van der Waals surface area contributed by atoms with Gasteiger partial charge in [-0.15, -0.1) is 0 Å². The van der Waals surface area contributed by atoms with Crippen molar-refractivity contribution in [2.45, 2.75) is 6.54 Å². The van der Waals surface area contributed by atoms with Gasteiger partial charge in [-0.05, 0) is 47.5 Å². The maximum absolute atomic E-state index is 12.4. The number of rotatable bonds is 5. The number of ether oxygens (including phenoxy) is 1. The Labute approximate surface area is 161 Å². The lowest BCUT2D eigenvalue weighted by atomic mass is 10.0. The van der Waals surface area contributed by atoms with Crippen LogP contribution in [0, 0.1) is 0 Å². The third-order valence-electron chi connectivity index (χ3n) is 4.79. The smallest absolute Gasteiger partial charge is 0.299 e. The third-order valence-corrected chi connectivity index (χ3v) is 4.79. The highest BCUT2D eigenvalue weighted by Gasteiger charge is 2.35. The van der Waals surface area contributed by atoms with Gasteiger partial charge in [-0.1, -0.05) is 30.3 Å². The average molecular weight is 374 g/mol. The minimum Gasteiger partial charge on any atom is -0.496 e. The zero-order valence-corrected chi connectivity index (χ0v) is 15.2. The Balaban J connectivity index is 1.72. The molecule has 2 N–H and O–H groups in total. The molecule has 1 amide bonds. The molecule has 1 aliphatic heterocycles. The summed E-state index contributed by atoms with van der Waals surface area (Å²) in [5.41, 5.74) is 6.28. The first kappa shape index (κ1) is 17.8. The number of nitrogens with zero attached hydrogens (tertiary/aromatic N) is 1. The van der Waals surface area contributed by atoms with Crippen molar-refractivity contribution in [1.29, 1.82) is 0 Å². The van der Waals surface area contributed by atoms with Gasteiger partial charge in [-0.25, -0.2) is 0 Å². The fraction of sp³-hybridized carbons (Fsp3) is 0.0909. The fourth-order valence-corrected chi connectivity index (χ4v) is 3.42. The van der Waals surface area contributed by atoms with E-state index in [9.17, 15) is 9.59 Å². The quantitative estimate of drug-likeness (QED) is 0.523. The summed E-state index contributed by atoms with van der Waals surface area (Å²) in [5.74, 6) is -0.334. The molecule has 6 nitrogen and oxygen atoms in total. The van der Waals surface area contributed by atoms with Crippen LogP contribution in [0.15, 0.2) is 66.7 Å². The van der Waals surface area contributed by atoms with E-state index in [4.69, 9.17) is 9.94 Å². The Morgan fingerprint density at radius 2 is 1.79 bits per heavy atom. The number of carbonyl (C=O) groups excluding carboxylic acids is 2. The van der Waals surface area contributed by atoms with Crippen LogP contribution < -0.4 is 15.1 Å². The second-order valence-corrected chi connectivity index (χ2v) is 6.46. The molecule has 1 aliphatic rings. The summed E-state index contributed by atoms with van der Waals surface area (Å²) >= 11 is 0. The van der Waals surface area contributed by atoms with Gasteiger partial charge in [0, 0.05) is 5.56 Å². The van der Waals surface area contributed by atoms with Crippen LogP contribution in [0.5, 0.6) is 5.75 Å². The van der Waals surface area contributed by atoms with Gasteiger partial charge in [0.2, 0.25) is 0 Å². The molecule has 0 aromatic heterocycles. The van der Waals surface area contributed by atoms with Crippen molar-refractivity contribution in [1.82, 2.24) is 0 Å². The first-order valence-electron chi connectivity index (χ1n) is 8.75. The topological polar surface area (TPSA) is 78.9 Å². The van der Waals surface area contributed by atoms with E-state index in [-0.39, 0.29) is 6.54 Å². The summed E-state index contributed by atoms with van der Waals surface area (Å²) in [6, 6.07) is 19.9. The molecule has 0 fully saturated rings. The first-order valence-corrected chi connectivity index (χ1v) is 8.75. The monoisotopic (exact) mass is 374 g/mol. The van der Waals surface area contributed by atoms with Crippen LogP contribution in [-0.2, 0) is 11.3 Å². The van der Waals surface area contributed by atoms with E-state index in [2.05, 4.69) is 5.48 Å². The number of fused-ring (bicyclic) bond motifs is 1. The number of nitrogens with one attached hydrogen (secondary N) is 1. The Morgan fingerprint density at radius 3 is 2.57 bits per heavy atom. The number of Topliss-reactive ketones (excluding diaryl/α,β-unsaturated/α-hetero) is 1. The number of ketones is 1. The minimum atomic E-state index is -0.523. The summed E-state index contributed by atoms with van der Waals surface area (Å²) < 4.78 is 5.48. The van der Waals surface area contributed by atoms with Gasteiger partial charge in [0.15, 0.2) is 0 Å². The standard InChI is InChI=1S/C22H18N2O4/c1-28-20-10-9-14(11-18(20)15-5-4-6-16(12-15)23-27)13-24-19-8-3-2-7-17(19)21(25)22(24)26/h2-12,23,27H,13H2,1H3. The number of carbonyl (C=O) groups is 2. The highest BCUT2D eigenvalue weighted by Crippen LogP contribution is 2.34. The van der Waals surface area contributed by atoms with E-state index >= 15 is 0 Å². The minimum absolute atomic E-state index is 0.274. The predicted molar refractivity (Wildman–Crippen MR) is 106 cm³/mol. The van der Waals surface area contributed by atoms with E-state index in [1.807, 2.05) is 36.4 Å². The summed E-state index contributed by atoms with van der Waals surface area (Å²) in [5, 5.41) is 9.17. The second-order valence-electron chi connectivity index (χ2n) is 6.46. The number of hydrogen-bond acceptors (Lipinski definition) is 5. The first-order chi connectivity index (χ1) is 13.6. The molecule has 0 aliphatic carbocycles. The molecule has 0 bridgehead atoms. The van der Waals surface area contributed by atoms with Crippen molar-refractivity contribution in [2.75, 3.05) is 17.5 Å². The van der Waals surface area contributed by atoms with Crippen LogP contribution in [0.4, 0.5) is 11.4 Å². The van der Waals surface area contributed by atoms with Gasteiger partial charge in [-0.2, -0.15) is 0 Å². The molecular formula is C22H18N2O4. The van der Waals surface area contributed by atoms with E-state index in [0.717, 1.165) is 16.7 Å². The molecule has 1 heterocycles. The number of para-hydroxylation sites is 1. The van der Waals surface area contributed by atoms with Crippen molar-refractivity contribution in [3.63, 3.8) is 0 Å². The molecule has 28 heavy (non-hydrogen) atoms. The molecule has 0 saturated carbocycles. The van der Waals surface area contributed by atoms with Gasteiger partial charge < -0.3 is 9.64 Å². The molecule has 0 atom stereocenters. The van der Waals surface area contributed by atoms with Crippen molar-refractivity contribution >= 4 is 23.1 Å². The van der Waals surface area contributed by atoms with Crippen molar-refractivity contribution in [3.05, 3.63) is 77.9 Å². The van der Waals surface area contributed by atoms with E-state index in [1.54, 1.807) is 37.4 Å². The number of benzene rings is 3. The number of hydrogen-bond donors (Lipinski definition) is 2. The van der Waals surface area contributed by atoms with Crippen LogP contribution in [-0.4, -0.2) is 24.0 Å². The van der Waals surface area contributed by atoms with E-state index in [1.165, 1.54) is 4.90 Å². The molecule has 3 aromatic rings. The average Bonchev–Trinajstić information content (AvgIpc) is 2.99. The lowest BCUT2D eigenvalue weighted by molar-refractivity contribution is -0.114. The Morgan fingerprint density at radius 1 is 0.964 bits per heavy atom. The number of methoxy groups -OCH3 is 1. The molecule has 0 spiro atoms. The van der Waals surface area contributed by atoms with Crippen LogP contribution >= 0.6 is 0 Å². The highest BCUT2D eigenvalue weighted by molar-refractivity contribution is 6.52. The van der Waals surface area contributed by atoms with Crippen molar-refractivity contribution in [2.24, 2.45) is 0 Å². The summed E-state index contributed by atoms with van der Waals surface area (Å²) in [6.45, 7) is 0.274. The largest absolute Gasteiger partial charge is 0.496 e. The van der Waals surface area contributed by atoms with Crippen molar-refractivity contribution in [3.8, 4) is 16.9 Å². The molecule has 140 valence electrons. The van der Waals surface area contributed by atoms with E-state index < -0.39 is 11.7 Å². The van der Waals surface area contributed by atoms with Gasteiger partial charge >= 0.3 is 0 Å². The Hall–Kier alpha value is -3.64. The van der Waals surface area contributed by atoms with Gasteiger partial charge in [0.25, 0.3) is 11.7 Å². The predicted octanol–water partition coefficient (Wildman–Crippen LogP) is 3.89. The third kappa shape index (κ3) is 3.00. The van der Waals surface area contributed by atoms with Gasteiger partial charge in [-0.3, -0.25) is 20.3 Å². The molecule has 0 unspecified atom stereocenters. The lowest BCUT2D eigenvalue weighted by Crippen LogP contribution is -2.29. The number of anilines is 2. The maximum Gasteiger partial charge on any atom is 0.299 e.